The molecule has 2 aromatic rings. The Hall–Kier alpha value is -3.00. The van der Waals surface area contributed by atoms with E-state index in [9.17, 15) is 13.2 Å². The molecule has 0 saturated heterocycles. The fourth-order valence-corrected chi connectivity index (χ4v) is 4.77. The van der Waals surface area contributed by atoms with Crippen molar-refractivity contribution >= 4 is 21.4 Å². The lowest BCUT2D eigenvalue weighted by Gasteiger charge is -2.11. The molecular weight excluding hydrogens is 356 g/mol. The third-order valence-corrected chi connectivity index (χ3v) is 6.14. The van der Waals surface area contributed by atoms with Gasteiger partial charge in [-0.3, -0.25) is 4.79 Å². The van der Waals surface area contributed by atoms with Gasteiger partial charge < -0.3 is 20.1 Å². The standard InChI is InChI=1S/C18H16N2O5S/c1-19-18(21)17-16(12-4-2-3-5-15(12)26(17,22)23)20-9-11-6-7-13-14(8-11)25-10-24-13/h2-8,20H,9-10H2,1H3,(H,19,21). The fourth-order valence-electron chi connectivity index (χ4n) is 3.04. The lowest BCUT2D eigenvalue weighted by molar-refractivity contribution is -0.116. The second-order valence-electron chi connectivity index (χ2n) is 5.82. The minimum Gasteiger partial charge on any atom is -0.454 e. The zero-order chi connectivity index (χ0) is 18.3. The van der Waals surface area contributed by atoms with Crippen LogP contribution in [0.1, 0.15) is 11.1 Å². The molecule has 2 heterocycles. The van der Waals surface area contributed by atoms with Gasteiger partial charge in [-0.25, -0.2) is 8.42 Å². The lowest BCUT2D eigenvalue weighted by Crippen LogP contribution is -2.26. The number of likely N-dealkylation sites (N-methyl/N-ethyl adjacent to an activating group) is 1. The number of rotatable bonds is 4. The summed E-state index contributed by atoms with van der Waals surface area (Å²) >= 11 is 0. The predicted molar refractivity (Wildman–Crippen MR) is 94.0 cm³/mol. The number of fused-ring (bicyclic) bond motifs is 2. The SMILES string of the molecule is CNC(=O)C1=C(NCc2ccc3c(c2)OCO3)c2ccccc2S1(=O)=O. The molecule has 4 rings (SSSR count). The van der Waals surface area contributed by atoms with E-state index in [4.69, 9.17) is 9.47 Å². The molecule has 2 N–H and O–H groups in total. The average molecular weight is 372 g/mol. The monoisotopic (exact) mass is 372 g/mol. The molecule has 8 heteroatoms. The first-order chi connectivity index (χ1) is 12.5. The Bertz CT molecular complexity index is 1040. The maximum atomic E-state index is 12.8. The van der Waals surface area contributed by atoms with Gasteiger partial charge in [0, 0.05) is 19.2 Å². The summed E-state index contributed by atoms with van der Waals surface area (Å²) in [5.74, 6) is 0.673. The van der Waals surface area contributed by atoms with Crippen LogP contribution < -0.4 is 20.1 Å². The number of carbonyl (C=O) groups is 1. The molecule has 0 atom stereocenters. The summed E-state index contributed by atoms with van der Waals surface area (Å²) in [6, 6.07) is 12.0. The molecule has 2 aliphatic rings. The van der Waals surface area contributed by atoms with Gasteiger partial charge in [-0.05, 0) is 23.8 Å². The summed E-state index contributed by atoms with van der Waals surface area (Å²) in [5.41, 5.74) is 1.67. The summed E-state index contributed by atoms with van der Waals surface area (Å²) in [6.45, 7) is 0.514. The molecule has 0 spiro atoms. The molecule has 2 aliphatic heterocycles. The topological polar surface area (TPSA) is 93.7 Å². The first-order valence-electron chi connectivity index (χ1n) is 7.95. The van der Waals surface area contributed by atoms with E-state index in [-0.39, 0.29) is 16.6 Å². The van der Waals surface area contributed by atoms with Crippen LogP contribution in [0.25, 0.3) is 5.70 Å². The van der Waals surface area contributed by atoms with Gasteiger partial charge in [-0.15, -0.1) is 0 Å². The molecule has 0 saturated carbocycles. The maximum absolute atomic E-state index is 12.8. The third kappa shape index (κ3) is 2.50. The van der Waals surface area contributed by atoms with Crippen molar-refractivity contribution in [2.75, 3.05) is 13.8 Å². The minimum atomic E-state index is -3.86. The van der Waals surface area contributed by atoms with Crippen LogP contribution in [-0.2, 0) is 21.2 Å². The van der Waals surface area contributed by atoms with E-state index in [0.29, 0.717) is 29.3 Å². The molecule has 0 radical (unpaired) electrons. The molecule has 0 bridgehead atoms. The smallest absolute Gasteiger partial charge is 0.265 e. The summed E-state index contributed by atoms with van der Waals surface area (Å²) < 4.78 is 36.2. The maximum Gasteiger partial charge on any atom is 0.265 e. The highest BCUT2D eigenvalue weighted by Gasteiger charge is 2.39. The van der Waals surface area contributed by atoms with Gasteiger partial charge in [0.15, 0.2) is 16.4 Å². The van der Waals surface area contributed by atoms with E-state index >= 15 is 0 Å². The Kier molecular flexibility index (Phi) is 3.84. The molecule has 0 unspecified atom stereocenters. The Morgan fingerprint density at radius 2 is 1.88 bits per heavy atom. The number of benzene rings is 2. The zero-order valence-electron chi connectivity index (χ0n) is 13.9. The van der Waals surface area contributed by atoms with Gasteiger partial charge in [-0.1, -0.05) is 24.3 Å². The minimum absolute atomic E-state index is 0.131. The summed E-state index contributed by atoms with van der Waals surface area (Å²) in [6.07, 6.45) is 0. The number of carbonyl (C=O) groups excluding carboxylic acids is 1. The van der Waals surface area contributed by atoms with Gasteiger partial charge in [0.1, 0.15) is 0 Å². The van der Waals surface area contributed by atoms with Crippen LogP contribution in [0.15, 0.2) is 52.3 Å². The molecule has 0 fully saturated rings. The van der Waals surface area contributed by atoms with Gasteiger partial charge in [-0.2, -0.15) is 0 Å². The van der Waals surface area contributed by atoms with E-state index in [0.717, 1.165) is 5.56 Å². The molecule has 2 aromatic carbocycles. The van der Waals surface area contributed by atoms with Crippen molar-refractivity contribution in [1.29, 1.82) is 0 Å². The third-order valence-electron chi connectivity index (χ3n) is 4.28. The van der Waals surface area contributed by atoms with Crippen LogP contribution >= 0.6 is 0 Å². The summed E-state index contributed by atoms with van der Waals surface area (Å²) in [5, 5.41) is 5.52. The van der Waals surface area contributed by atoms with Crippen LogP contribution in [0.5, 0.6) is 11.5 Å². The van der Waals surface area contributed by atoms with E-state index in [1.165, 1.54) is 13.1 Å². The van der Waals surface area contributed by atoms with E-state index in [2.05, 4.69) is 10.6 Å². The quantitative estimate of drug-likeness (QED) is 0.843. The number of ether oxygens (including phenoxy) is 2. The van der Waals surface area contributed by atoms with Gasteiger partial charge in [0.25, 0.3) is 5.91 Å². The van der Waals surface area contributed by atoms with E-state index < -0.39 is 15.7 Å². The summed E-state index contributed by atoms with van der Waals surface area (Å²) in [4.78, 5) is 12.1. The van der Waals surface area contributed by atoms with Gasteiger partial charge in [0.2, 0.25) is 16.6 Å². The van der Waals surface area contributed by atoms with Crippen molar-refractivity contribution in [3.05, 3.63) is 58.5 Å². The van der Waals surface area contributed by atoms with Crippen molar-refractivity contribution in [1.82, 2.24) is 10.6 Å². The molecule has 0 aromatic heterocycles. The zero-order valence-corrected chi connectivity index (χ0v) is 14.7. The highest BCUT2D eigenvalue weighted by molar-refractivity contribution is 7.97. The van der Waals surface area contributed by atoms with Crippen LogP contribution in [0.4, 0.5) is 0 Å². The van der Waals surface area contributed by atoms with Crippen molar-refractivity contribution < 1.29 is 22.7 Å². The predicted octanol–water partition coefficient (Wildman–Crippen LogP) is 1.41. The Labute approximate surface area is 150 Å². The number of sulfone groups is 1. The number of hydrogen-bond donors (Lipinski definition) is 2. The van der Waals surface area contributed by atoms with Crippen LogP contribution in [-0.4, -0.2) is 28.2 Å². The molecule has 7 nitrogen and oxygen atoms in total. The number of amides is 1. The molecule has 1 amide bonds. The second kappa shape index (κ2) is 6.06. The summed E-state index contributed by atoms with van der Waals surface area (Å²) in [7, 11) is -2.45. The molecular formula is C18H16N2O5S. The molecule has 26 heavy (non-hydrogen) atoms. The van der Waals surface area contributed by atoms with Crippen molar-refractivity contribution in [2.24, 2.45) is 0 Å². The highest BCUT2D eigenvalue weighted by atomic mass is 32.2. The average Bonchev–Trinajstić information content (AvgIpc) is 3.20. The van der Waals surface area contributed by atoms with Crippen molar-refractivity contribution in [3.8, 4) is 11.5 Å². The fraction of sp³-hybridized carbons (Fsp3) is 0.167. The molecule has 134 valence electrons. The first kappa shape index (κ1) is 16.5. The van der Waals surface area contributed by atoms with E-state index in [1.807, 2.05) is 12.1 Å². The number of nitrogens with one attached hydrogen (secondary N) is 2. The van der Waals surface area contributed by atoms with Crippen LogP contribution in [0, 0.1) is 0 Å². The highest BCUT2D eigenvalue weighted by Crippen LogP contribution is 2.38. The van der Waals surface area contributed by atoms with Gasteiger partial charge >= 0.3 is 0 Å². The Morgan fingerprint density at radius 3 is 2.69 bits per heavy atom. The van der Waals surface area contributed by atoms with Crippen LogP contribution in [0.2, 0.25) is 0 Å². The second-order valence-corrected chi connectivity index (χ2v) is 7.68. The molecule has 0 aliphatic carbocycles. The van der Waals surface area contributed by atoms with Gasteiger partial charge in [0.05, 0.1) is 10.6 Å². The van der Waals surface area contributed by atoms with Crippen molar-refractivity contribution in [3.63, 3.8) is 0 Å². The first-order valence-corrected chi connectivity index (χ1v) is 9.44. The Morgan fingerprint density at radius 1 is 1.12 bits per heavy atom. The van der Waals surface area contributed by atoms with Crippen LogP contribution in [0.3, 0.4) is 0 Å². The lowest BCUT2D eigenvalue weighted by atomic mass is 10.1. The van der Waals surface area contributed by atoms with E-state index in [1.54, 1.807) is 24.3 Å². The largest absolute Gasteiger partial charge is 0.454 e. The number of hydrogen-bond acceptors (Lipinski definition) is 6. The Balaban J connectivity index is 1.71. The normalized spacial score (nSPS) is 16.3. The van der Waals surface area contributed by atoms with Crippen molar-refractivity contribution in [2.45, 2.75) is 11.4 Å².